The van der Waals surface area contributed by atoms with Crippen molar-refractivity contribution in [2.45, 2.75) is 13.8 Å². The summed E-state index contributed by atoms with van der Waals surface area (Å²) in [4.78, 5) is 16.0. The van der Waals surface area contributed by atoms with E-state index in [1.165, 1.54) is 11.6 Å². The Bertz CT molecular complexity index is 909. The van der Waals surface area contributed by atoms with Gasteiger partial charge in [-0.05, 0) is 55.3 Å². The van der Waals surface area contributed by atoms with Crippen LogP contribution in [0.3, 0.4) is 0 Å². The minimum absolute atomic E-state index is 0. The number of benzene rings is 2. The number of carbonyl (C=O) groups excluding carboxylic acids is 1. The quantitative estimate of drug-likeness (QED) is 0.635. The molecule has 3 nitrogen and oxygen atoms in total. The van der Waals surface area contributed by atoms with Crippen LogP contribution in [0.4, 0.5) is 0 Å². The molecule has 1 aromatic heterocycles. The molecule has 0 unspecified atom stereocenters. The minimum Gasteiger partial charge on any atom is -0.545 e. The number of carboxylic acids is 1. The number of carboxylic acid groups (broad SMARTS) is 1. The maximum absolute atomic E-state index is 11.4. The fourth-order valence-electron chi connectivity index (χ4n) is 2.42. The van der Waals surface area contributed by atoms with Crippen molar-refractivity contribution in [1.82, 2.24) is 4.98 Å². The Morgan fingerprint density at radius 3 is 2.43 bits per heavy atom. The Balaban J connectivity index is 0.00000192. The summed E-state index contributed by atoms with van der Waals surface area (Å²) in [6, 6.07) is 12.5. The van der Waals surface area contributed by atoms with E-state index in [1.54, 1.807) is 18.2 Å². The van der Waals surface area contributed by atoms with Gasteiger partial charge in [0.05, 0.1) is 17.2 Å². The zero-order valence-corrected chi connectivity index (χ0v) is 17.1. The van der Waals surface area contributed by atoms with Crippen molar-refractivity contribution in [2.75, 3.05) is 0 Å². The Labute approximate surface area is 182 Å². The van der Waals surface area contributed by atoms with Gasteiger partial charge in [0, 0.05) is 21.5 Å². The van der Waals surface area contributed by atoms with Gasteiger partial charge in [0.2, 0.25) is 0 Å². The molecule has 3 rings (SSSR count). The number of hydrogen-bond acceptors (Lipinski definition) is 3. The second-order valence-corrected chi connectivity index (χ2v) is 5.74. The maximum Gasteiger partial charge on any atom is 1.00 e. The monoisotopic (exact) mass is 349 g/mol. The number of halogens is 1. The summed E-state index contributed by atoms with van der Waals surface area (Å²) < 4.78 is 0. The van der Waals surface area contributed by atoms with Gasteiger partial charge in [-0.3, -0.25) is 0 Å². The van der Waals surface area contributed by atoms with Crippen LogP contribution >= 0.6 is 11.6 Å². The fourth-order valence-corrected chi connectivity index (χ4v) is 2.59. The summed E-state index contributed by atoms with van der Waals surface area (Å²) in [5.41, 5.74) is 4.47. The minimum atomic E-state index is -1.24. The van der Waals surface area contributed by atoms with Crippen molar-refractivity contribution in [3.05, 3.63) is 64.2 Å². The number of pyridine rings is 1. The van der Waals surface area contributed by atoms with Crippen molar-refractivity contribution in [2.24, 2.45) is 0 Å². The largest absolute Gasteiger partial charge is 1.00 e. The molecule has 2 aromatic carbocycles. The van der Waals surface area contributed by atoms with Gasteiger partial charge < -0.3 is 9.90 Å². The average Bonchev–Trinajstić information content (AvgIpc) is 2.48. The number of carbonyl (C=O) groups is 1. The van der Waals surface area contributed by atoms with Gasteiger partial charge in [-0.2, -0.15) is 0 Å². The number of nitrogens with zero attached hydrogens (tertiary/aromatic N) is 1. The first kappa shape index (κ1) is 18.6. The van der Waals surface area contributed by atoms with Gasteiger partial charge in [0.15, 0.2) is 0 Å². The molecular weight excluding hydrogens is 337 g/mol. The summed E-state index contributed by atoms with van der Waals surface area (Å²) in [5, 5.41) is 12.4. The number of hydrogen-bond donors (Lipinski definition) is 0. The van der Waals surface area contributed by atoms with E-state index < -0.39 is 5.97 Å². The van der Waals surface area contributed by atoms with E-state index in [-0.39, 0.29) is 56.9 Å². The van der Waals surface area contributed by atoms with Crippen LogP contribution < -0.4 is 56.5 Å². The molecule has 0 spiro atoms. The first-order valence-corrected chi connectivity index (χ1v) is 7.23. The SMILES string of the molecule is Cc1ccc(-c2cc(C(=O)[O-])c3cc(Cl)ccc3n2)cc1C.[K+]. The Hall–Kier alpha value is -0.754. The standard InChI is InChI=1S/C18H14ClNO2.K/c1-10-3-4-12(7-11(10)2)17-9-15(18(21)22)14-8-13(19)5-6-16(14)20-17;/h3-9H,1-2H3,(H,21,22);/q;+1/p-1. The van der Waals surface area contributed by atoms with Gasteiger partial charge in [0.25, 0.3) is 0 Å². The predicted molar refractivity (Wildman–Crippen MR) is 86.0 cm³/mol. The van der Waals surface area contributed by atoms with Crippen LogP contribution in [0.5, 0.6) is 0 Å². The van der Waals surface area contributed by atoms with Gasteiger partial charge >= 0.3 is 51.4 Å². The summed E-state index contributed by atoms with van der Waals surface area (Å²) in [6.07, 6.45) is 0. The second-order valence-electron chi connectivity index (χ2n) is 5.30. The van der Waals surface area contributed by atoms with E-state index in [2.05, 4.69) is 4.98 Å². The third-order valence-corrected chi connectivity index (χ3v) is 4.03. The number of aryl methyl sites for hydroxylation is 2. The molecule has 0 N–H and O–H groups in total. The van der Waals surface area contributed by atoms with E-state index in [1.807, 2.05) is 32.0 Å². The number of aromatic nitrogens is 1. The van der Waals surface area contributed by atoms with Crippen molar-refractivity contribution in [1.29, 1.82) is 0 Å². The first-order chi connectivity index (χ1) is 10.5. The second kappa shape index (κ2) is 7.43. The molecule has 0 fully saturated rings. The number of rotatable bonds is 2. The van der Waals surface area contributed by atoms with Crippen LogP contribution in [0.1, 0.15) is 21.5 Å². The first-order valence-electron chi connectivity index (χ1n) is 6.85. The third kappa shape index (κ3) is 3.84. The van der Waals surface area contributed by atoms with Crippen LogP contribution in [0, 0.1) is 13.8 Å². The molecule has 0 bridgehead atoms. The van der Waals surface area contributed by atoms with Crippen LogP contribution in [0.2, 0.25) is 5.02 Å². The molecule has 0 aliphatic rings. The zero-order valence-electron chi connectivity index (χ0n) is 13.2. The molecule has 0 atom stereocenters. The van der Waals surface area contributed by atoms with E-state index in [0.717, 1.165) is 11.1 Å². The summed E-state index contributed by atoms with van der Waals surface area (Å²) in [6.45, 7) is 4.04. The summed E-state index contributed by atoms with van der Waals surface area (Å²) in [7, 11) is 0. The normalized spacial score (nSPS) is 10.4. The molecular formula is C18H13ClKNO2. The van der Waals surface area contributed by atoms with Gasteiger partial charge in [-0.15, -0.1) is 0 Å². The van der Waals surface area contributed by atoms with Crippen LogP contribution in [0.15, 0.2) is 42.5 Å². The van der Waals surface area contributed by atoms with E-state index in [0.29, 0.717) is 21.6 Å². The van der Waals surface area contributed by atoms with Gasteiger partial charge in [-0.1, -0.05) is 23.7 Å². The molecule has 0 amide bonds. The molecule has 0 aliphatic heterocycles. The smallest absolute Gasteiger partial charge is 0.545 e. The molecule has 23 heavy (non-hydrogen) atoms. The van der Waals surface area contributed by atoms with E-state index >= 15 is 0 Å². The topological polar surface area (TPSA) is 53.0 Å². The average molecular weight is 350 g/mol. The maximum atomic E-state index is 11.4. The number of aromatic carboxylic acids is 1. The van der Waals surface area contributed by atoms with Crippen molar-refractivity contribution in [3.63, 3.8) is 0 Å². The van der Waals surface area contributed by atoms with Crippen molar-refractivity contribution >= 4 is 28.5 Å². The summed E-state index contributed by atoms with van der Waals surface area (Å²) in [5.74, 6) is -1.24. The summed E-state index contributed by atoms with van der Waals surface area (Å²) >= 11 is 5.95. The molecule has 5 heteroatoms. The Morgan fingerprint density at radius 1 is 1.04 bits per heavy atom. The third-order valence-electron chi connectivity index (χ3n) is 3.79. The molecule has 0 radical (unpaired) electrons. The molecule has 3 aromatic rings. The van der Waals surface area contributed by atoms with Gasteiger partial charge in [0.1, 0.15) is 0 Å². The van der Waals surface area contributed by atoms with Crippen LogP contribution in [-0.2, 0) is 0 Å². The Morgan fingerprint density at radius 2 is 1.78 bits per heavy atom. The van der Waals surface area contributed by atoms with Crippen LogP contribution in [0.25, 0.3) is 22.2 Å². The van der Waals surface area contributed by atoms with E-state index in [4.69, 9.17) is 11.6 Å². The molecule has 110 valence electrons. The molecule has 0 aliphatic carbocycles. The molecule has 0 saturated carbocycles. The van der Waals surface area contributed by atoms with Crippen molar-refractivity contribution in [3.8, 4) is 11.3 Å². The zero-order chi connectivity index (χ0) is 15.9. The number of fused-ring (bicyclic) bond motifs is 1. The fraction of sp³-hybridized carbons (Fsp3) is 0.111. The van der Waals surface area contributed by atoms with Crippen LogP contribution in [-0.4, -0.2) is 11.0 Å². The molecule has 0 saturated heterocycles. The Kier molecular flexibility index (Phi) is 6.00. The molecule has 1 heterocycles. The van der Waals surface area contributed by atoms with Gasteiger partial charge in [-0.25, -0.2) is 4.98 Å². The van der Waals surface area contributed by atoms with Crippen molar-refractivity contribution < 1.29 is 61.3 Å². The van der Waals surface area contributed by atoms with E-state index in [9.17, 15) is 9.90 Å². The predicted octanol–water partition coefficient (Wildman–Crippen LogP) is 0.540.